The Bertz CT molecular complexity index is 241. The monoisotopic (exact) mass is 255 g/mol. The minimum atomic E-state index is -0.0976. The largest absolute Gasteiger partial charge is 0.392 e. The van der Waals surface area contributed by atoms with Crippen molar-refractivity contribution >= 4 is 0 Å². The Morgan fingerprint density at radius 3 is 2.61 bits per heavy atom. The van der Waals surface area contributed by atoms with Gasteiger partial charge in [-0.05, 0) is 57.4 Å². The Balaban J connectivity index is 1.76. The second-order valence-corrected chi connectivity index (χ2v) is 6.30. The second-order valence-electron chi connectivity index (χ2n) is 6.30. The van der Waals surface area contributed by atoms with Crippen molar-refractivity contribution in [3.8, 4) is 0 Å². The molecule has 0 aromatic rings. The lowest BCUT2D eigenvalue weighted by molar-refractivity contribution is 0.0257. The number of hydrogen-bond donors (Lipinski definition) is 1. The number of rotatable bonds is 4. The van der Waals surface area contributed by atoms with Gasteiger partial charge in [-0.25, -0.2) is 0 Å². The predicted molar refractivity (Wildman–Crippen MR) is 73.6 cm³/mol. The number of hydrogen-bond acceptors (Lipinski definition) is 3. The Morgan fingerprint density at radius 1 is 1.22 bits per heavy atom. The lowest BCUT2D eigenvalue weighted by atomic mass is 9.83. The smallest absolute Gasteiger partial charge is 0.0667 e. The summed E-state index contributed by atoms with van der Waals surface area (Å²) >= 11 is 0. The minimum Gasteiger partial charge on any atom is -0.392 e. The maximum atomic E-state index is 9.75. The van der Waals surface area contributed by atoms with Crippen LogP contribution in [0.25, 0.3) is 0 Å². The molecule has 1 N–H and O–H groups in total. The van der Waals surface area contributed by atoms with Crippen LogP contribution >= 0.6 is 0 Å². The van der Waals surface area contributed by atoms with Gasteiger partial charge in [-0.15, -0.1) is 0 Å². The molecule has 0 saturated carbocycles. The van der Waals surface area contributed by atoms with E-state index in [9.17, 15) is 5.11 Å². The van der Waals surface area contributed by atoms with Gasteiger partial charge in [-0.2, -0.15) is 0 Å². The summed E-state index contributed by atoms with van der Waals surface area (Å²) in [6.07, 6.45) is 5.76. The SMILES string of the molecule is CC(CC(C)N1CCCC(O)C1)C1CCOCC1. The summed E-state index contributed by atoms with van der Waals surface area (Å²) in [6.45, 7) is 8.67. The molecule has 0 aromatic carbocycles. The highest BCUT2D eigenvalue weighted by atomic mass is 16.5. The van der Waals surface area contributed by atoms with E-state index in [1.807, 2.05) is 0 Å². The minimum absolute atomic E-state index is 0.0976. The van der Waals surface area contributed by atoms with E-state index >= 15 is 0 Å². The highest BCUT2D eigenvalue weighted by Crippen LogP contribution is 2.28. The molecular formula is C15H29NO2. The van der Waals surface area contributed by atoms with Gasteiger partial charge in [-0.1, -0.05) is 6.92 Å². The van der Waals surface area contributed by atoms with Gasteiger partial charge in [0, 0.05) is 25.8 Å². The van der Waals surface area contributed by atoms with E-state index in [1.54, 1.807) is 0 Å². The third-order valence-corrected chi connectivity index (χ3v) is 4.83. The molecule has 2 rings (SSSR count). The lowest BCUT2D eigenvalue weighted by Crippen LogP contribution is -2.44. The first-order valence-electron chi connectivity index (χ1n) is 7.66. The first-order chi connectivity index (χ1) is 8.66. The van der Waals surface area contributed by atoms with Crippen LogP contribution in [0.2, 0.25) is 0 Å². The molecular weight excluding hydrogens is 226 g/mol. The van der Waals surface area contributed by atoms with Crippen LogP contribution in [0.1, 0.15) is 46.0 Å². The zero-order valence-electron chi connectivity index (χ0n) is 12.0. The van der Waals surface area contributed by atoms with E-state index < -0.39 is 0 Å². The molecule has 3 heteroatoms. The Labute approximate surface area is 112 Å². The van der Waals surface area contributed by atoms with E-state index in [-0.39, 0.29) is 6.10 Å². The molecule has 106 valence electrons. The molecule has 2 aliphatic rings. The highest BCUT2D eigenvalue weighted by molar-refractivity contribution is 4.80. The van der Waals surface area contributed by atoms with E-state index in [0.29, 0.717) is 6.04 Å². The zero-order chi connectivity index (χ0) is 13.0. The molecule has 0 amide bonds. The molecule has 2 saturated heterocycles. The summed E-state index contributed by atoms with van der Waals surface area (Å²) in [4.78, 5) is 2.48. The Kier molecular flexibility index (Phi) is 5.46. The topological polar surface area (TPSA) is 32.7 Å². The van der Waals surface area contributed by atoms with Crippen molar-refractivity contribution in [2.45, 2.75) is 58.1 Å². The maximum Gasteiger partial charge on any atom is 0.0667 e. The van der Waals surface area contributed by atoms with Crippen LogP contribution in [0, 0.1) is 11.8 Å². The van der Waals surface area contributed by atoms with E-state index in [4.69, 9.17) is 4.74 Å². The fourth-order valence-corrected chi connectivity index (χ4v) is 3.55. The fourth-order valence-electron chi connectivity index (χ4n) is 3.55. The van der Waals surface area contributed by atoms with Gasteiger partial charge < -0.3 is 9.84 Å². The van der Waals surface area contributed by atoms with Gasteiger partial charge in [-0.3, -0.25) is 4.90 Å². The Morgan fingerprint density at radius 2 is 1.94 bits per heavy atom. The van der Waals surface area contributed by atoms with Crippen LogP contribution in [0.4, 0.5) is 0 Å². The highest BCUT2D eigenvalue weighted by Gasteiger charge is 2.26. The van der Waals surface area contributed by atoms with Gasteiger partial charge in [0.05, 0.1) is 6.10 Å². The first-order valence-corrected chi connectivity index (χ1v) is 7.66. The fraction of sp³-hybridized carbons (Fsp3) is 1.00. The number of likely N-dealkylation sites (tertiary alicyclic amines) is 1. The summed E-state index contributed by atoms with van der Waals surface area (Å²) in [5, 5.41) is 9.75. The van der Waals surface area contributed by atoms with Gasteiger partial charge in [0.25, 0.3) is 0 Å². The number of aliphatic hydroxyl groups is 1. The van der Waals surface area contributed by atoms with Crippen LogP contribution in [-0.4, -0.2) is 48.5 Å². The van der Waals surface area contributed by atoms with Gasteiger partial charge in [0.1, 0.15) is 0 Å². The van der Waals surface area contributed by atoms with Crippen molar-refractivity contribution in [1.29, 1.82) is 0 Å². The summed E-state index contributed by atoms with van der Waals surface area (Å²) in [5.41, 5.74) is 0. The number of piperidine rings is 1. The standard InChI is InChI=1S/C15H29NO2/c1-12(14-5-8-18-9-6-14)10-13(2)16-7-3-4-15(17)11-16/h12-15,17H,3-11H2,1-2H3. The third-order valence-electron chi connectivity index (χ3n) is 4.83. The molecule has 3 nitrogen and oxygen atoms in total. The lowest BCUT2D eigenvalue weighted by Gasteiger charge is -2.37. The molecule has 0 spiro atoms. The van der Waals surface area contributed by atoms with Crippen LogP contribution in [-0.2, 0) is 4.74 Å². The first kappa shape index (κ1) is 14.3. The van der Waals surface area contributed by atoms with Crippen LogP contribution < -0.4 is 0 Å². The van der Waals surface area contributed by atoms with Crippen molar-refractivity contribution in [2.24, 2.45) is 11.8 Å². The van der Waals surface area contributed by atoms with E-state index in [0.717, 1.165) is 44.4 Å². The third kappa shape index (κ3) is 3.94. The van der Waals surface area contributed by atoms with Crippen molar-refractivity contribution in [3.05, 3.63) is 0 Å². The molecule has 2 fully saturated rings. The predicted octanol–water partition coefficient (Wildman–Crippen LogP) is 2.28. The summed E-state index contributed by atoms with van der Waals surface area (Å²) in [6, 6.07) is 0.609. The van der Waals surface area contributed by atoms with Crippen molar-refractivity contribution in [2.75, 3.05) is 26.3 Å². The summed E-state index contributed by atoms with van der Waals surface area (Å²) in [5.74, 6) is 1.62. The van der Waals surface area contributed by atoms with Gasteiger partial charge in [0.15, 0.2) is 0 Å². The van der Waals surface area contributed by atoms with Gasteiger partial charge in [0.2, 0.25) is 0 Å². The zero-order valence-corrected chi connectivity index (χ0v) is 12.0. The van der Waals surface area contributed by atoms with Crippen molar-refractivity contribution < 1.29 is 9.84 Å². The van der Waals surface area contributed by atoms with Crippen LogP contribution in [0.15, 0.2) is 0 Å². The maximum absolute atomic E-state index is 9.75. The van der Waals surface area contributed by atoms with Crippen LogP contribution in [0.3, 0.4) is 0 Å². The molecule has 3 atom stereocenters. The number of ether oxygens (including phenoxy) is 1. The summed E-state index contributed by atoms with van der Waals surface area (Å²) < 4.78 is 5.44. The molecule has 0 aromatic heterocycles. The van der Waals surface area contributed by atoms with Crippen molar-refractivity contribution in [1.82, 2.24) is 4.90 Å². The molecule has 3 unspecified atom stereocenters. The number of β-amino-alcohol motifs (C(OH)–C–C–N with tert-alkyl or cyclic N) is 1. The average Bonchev–Trinajstić information content (AvgIpc) is 2.39. The molecule has 0 bridgehead atoms. The second kappa shape index (κ2) is 6.88. The van der Waals surface area contributed by atoms with E-state index in [1.165, 1.54) is 25.8 Å². The summed E-state index contributed by atoms with van der Waals surface area (Å²) in [7, 11) is 0. The van der Waals surface area contributed by atoms with Crippen LogP contribution in [0.5, 0.6) is 0 Å². The quantitative estimate of drug-likeness (QED) is 0.836. The van der Waals surface area contributed by atoms with Gasteiger partial charge >= 0.3 is 0 Å². The molecule has 0 aliphatic carbocycles. The molecule has 18 heavy (non-hydrogen) atoms. The normalized spacial score (nSPS) is 31.2. The van der Waals surface area contributed by atoms with E-state index in [2.05, 4.69) is 18.7 Å². The average molecular weight is 255 g/mol. The number of nitrogens with zero attached hydrogens (tertiary/aromatic N) is 1. The molecule has 0 radical (unpaired) electrons. The Hall–Kier alpha value is -0.120. The number of aliphatic hydroxyl groups excluding tert-OH is 1. The molecule has 2 heterocycles. The molecule has 2 aliphatic heterocycles. The van der Waals surface area contributed by atoms with Crippen molar-refractivity contribution in [3.63, 3.8) is 0 Å².